The van der Waals surface area contributed by atoms with Crippen molar-refractivity contribution in [3.8, 4) is 0 Å². The largest absolute Gasteiger partial charge is 0.459 e. The Morgan fingerprint density at radius 3 is 2.59 bits per heavy atom. The molecular formula is C14H22O3. The van der Waals surface area contributed by atoms with Gasteiger partial charge in [-0.1, -0.05) is 26.7 Å². The molecule has 3 nitrogen and oxygen atoms in total. The molecule has 17 heavy (non-hydrogen) atoms. The third-order valence-corrected chi connectivity index (χ3v) is 5.42. The van der Waals surface area contributed by atoms with Crippen LogP contribution in [-0.4, -0.2) is 23.3 Å². The molecular weight excluding hydrogens is 216 g/mol. The fourth-order valence-electron chi connectivity index (χ4n) is 5.12. The number of fused-ring (bicyclic) bond motifs is 1. The Labute approximate surface area is 103 Å². The first-order chi connectivity index (χ1) is 8.15. The fraction of sp³-hybridized carbons (Fsp3) is 0.929. The van der Waals surface area contributed by atoms with E-state index in [0.717, 1.165) is 32.1 Å². The van der Waals surface area contributed by atoms with Crippen molar-refractivity contribution >= 4 is 5.97 Å². The van der Waals surface area contributed by atoms with Gasteiger partial charge in [0.25, 0.3) is 0 Å². The summed E-state index contributed by atoms with van der Waals surface area (Å²) in [5.74, 6) is 0.663. The highest BCUT2D eigenvalue weighted by Gasteiger charge is 2.71. The average molecular weight is 238 g/mol. The van der Waals surface area contributed by atoms with Crippen LogP contribution in [0.3, 0.4) is 0 Å². The average Bonchev–Trinajstić information content (AvgIpc) is 2.84. The third kappa shape index (κ3) is 1.24. The molecule has 2 saturated carbocycles. The van der Waals surface area contributed by atoms with Crippen molar-refractivity contribution < 1.29 is 14.6 Å². The molecule has 96 valence electrons. The van der Waals surface area contributed by atoms with E-state index >= 15 is 0 Å². The molecule has 1 aliphatic heterocycles. The van der Waals surface area contributed by atoms with Crippen LogP contribution in [0.5, 0.6) is 0 Å². The van der Waals surface area contributed by atoms with Crippen molar-refractivity contribution in [2.75, 3.05) is 0 Å². The Kier molecular flexibility index (Phi) is 2.51. The summed E-state index contributed by atoms with van der Waals surface area (Å²) in [5.41, 5.74) is 0.0394. The van der Waals surface area contributed by atoms with Crippen LogP contribution in [0.15, 0.2) is 0 Å². The molecule has 3 aliphatic rings. The van der Waals surface area contributed by atoms with Crippen molar-refractivity contribution in [1.82, 2.24) is 0 Å². The van der Waals surface area contributed by atoms with Crippen molar-refractivity contribution in [1.29, 1.82) is 0 Å². The van der Waals surface area contributed by atoms with Crippen LogP contribution in [0, 0.1) is 23.2 Å². The van der Waals surface area contributed by atoms with Crippen LogP contribution in [0.1, 0.15) is 46.0 Å². The van der Waals surface area contributed by atoms with E-state index in [1.807, 2.05) is 0 Å². The lowest BCUT2D eigenvalue weighted by molar-refractivity contribution is -0.146. The number of aliphatic hydroxyl groups excluding tert-OH is 1. The lowest BCUT2D eigenvalue weighted by atomic mass is 9.61. The van der Waals surface area contributed by atoms with Crippen LogP contribution in [0.2, 0.25) is 0 Å². The predicted molar refractivity (Wildman–Crippen MR) is 63.2 cm³/mol. The van der Waals surface area contributed by atoms with Crippen molar-refractivity contribution in [2.24, 2.45) is 23.2 Å². The summed E-state index contributed by atoms with van der Waals surface area (Å²) in [6.45, 7) is 4.35. The summed E-state index contributed by atoms with van der Waals surface area (Å²) in [5, 5.41) is 10.3. The monoisotopic (exact) mass is 238 g/mol. The zero-order chi connectivity index (χ0) is 12.2. The normalized spacial score (nSPS) is 45.4. The minimum absolute atomic E-state index is 0.0269. The van der Waals surface area contributed by atoms with Crippen LogP contribution in [0.25, 0.3) is 0 Å². The standard InChI is InChI=1S/C14H22O3/c1-3-5-14(6-4-2)9-7-8-10(14)13(16)17-12(8)11(9)15/h8-12,15H,3-7H2,1-2H3. The van der Waals surface area contributed by atoms with E-state index in [2.05, 4.69) is 13.8 Å². The summed E-state index contributed by atoms with van der Waals surface area (Å²) in [4.78, 5) is 12.1. The molecule has 2 bridgehead atoms. The number of aliphatic hydroxyl groups is 1. The molecule has 1 heterocycles. The number of rotatable bonds is 4. The van der Waals surface area contributed by atoms with Crippen molar-refractivity contribution in [3.63, 3.8) is 0 Å². The molecule has 5 atom stereocenters. The molecule has 3 rings (SSSR count). The van der Waals surface area contributed by atoms with Crippen molar-refractivity contribution in [2.45, 2.75) is 58.2 Å². The van der Waals surface area contributed by atoms with Crippen LogP contribution < -0.4 is 0 Å². The van der Waals surface area contributed by atoms with Gasteiger partial charge in [0, 0.05) is 5.92 Å². The minimum atomic E-state index is -0.402. The second kappa shape index (κ2) is 3.71. The summed E-state index contributed by atoms with van der Waals surface area (Å²) in [7, 11) is 0. The molecule has 1 saturated heterocycles. The lowest BCUT2D eigenvalue weighted by Gasteiger charge is -2.42. The Bertz CT molecular complexity index is 332. The maximum Gasteiger partial charge on any atom is 0.310 e. The van der Waals surface area contributed by atoms with Gasteiger partial charge >= 0.3 is 5.97 Å². The molecule has 0 amide bonds. The van der Waals surface area contributed by atoms with E-state index in [1.54, 1.807) is 0 Å². The minimum Gasteiger partial charge on any atom is -0.459 e. The SMILES string of the molecule is CCCC1(CCC)C2CC3C(OC(=O)C31)C2O. The maximum atomic E-state index is 12.1. The van der Waals surface area contributed by atoms with Gasteiger partial charge in [-0.3, -0.25) is 4.79 Å². The zero-order valence-corrected chi connectivity index (χ0v) is 10.7. The molecule has 3 fully saturated rings. The molecule has 0 aromatic heterocycles. The first-order valence-corrected chi connectivity index (χ1v) is 7.04. The number of hydrogen-bond acceptors (Lipinski definition) is 3. The summed E-state index contributed by atoms with van der Waals surface area (Å²) < 4.78 is 5.41. The molecule has 5 unspecified atom stereocenters. The smallest absolute Gasteiger partial charge is 0.310 e. The van der Waals surface area contributed by atoms with Crippen LogP contribution in [-0.2, 0) is 9.53 Å². The Morgan fingerprint density at radius 1 is 1.35 bits per heavy atom. The van der Waals surface area contributed by atoms with E-state index in [9.17, 15) is 9.90 Å². The molecule has 3 heteroatoms. The Morgan fingerprint density at radius 2 is 2.00 bits per heavy atom. The molecule has 0 radical (unpaired) electrons. The number of esters is 1. The van der Waals surface area contributed by atoms with E-state index in [4.69, 9.17) is 4.74 Å². The van der Waals surface area contributed by atoms with E-state index in [1.165, 1.54) is 0 Å². The molecule has 2 aliphatic carbocycles. The molecule has 0 aromatic carbocycles. The van der Waals surface area contributed by atoms with E-state index in [-0.39, 0.29) is 23.4 Å². The zero-order valence-electron chi connectivity index (χ0n) is 10.7. The quantitative estimate of drug-likeness (QED) is 0.763. The predicted octanol–water partition coefficient (Wildman–Crippen LogP) is 2.13. The molecule has 0 spiro atoms. The number of carbonyl (C=O) groups is 1. The Balaban J connectivity index is 2.00. The Hall–Kier alpha value is -0.570. The van der Waals surface area contributed by atoms with Gasteiger partial charge in [0.2, 0.25) is 0 Å². The van der Waals surface area contributed by atoms with Gasteiger partial charge < -0.3 is 9.84 Å². The van der Waals surface area contributed by atoms with Gasteiger partial charge in [-0.25, -0.2) is 0 Å². The summed E-state index contributed by atoms with van der Waals surface area (Å²) in [6.07, 6.45) is 4.72. The summed E-state index contributed by atoms with van der Waals surface area (Å²) in [6, 6.07) is 0. The number of ether oxygens (including phenoxy) is 1. The lowest BCUT2D eigenvalue weighted by Crippen LogP contribution is -2.45. The first-order valence-electron chi connectivity index (χ1n) is 7.04. The highest BCUT2D eigenvalue weighted by atomic mass is 16.6. The third-order valence-electron chi connectivity index (χ3n) is 5.42. The number of carbonyl (C=O) groups excluding carboxylic acids is 1. The highest BCUT2D eigenvalue weighted by molar-refractivity contribution is 5.78. The van der Waals surface area contributed by atoms with Gasteiger partial charge in [-0.15, -0.1) is 0 Å². The molecule has 1 N–H and O–H groups in total. The van der Waals surface area contributed by atoms with Gasteiger partial charge in [0.05, 0.1) is 12.0 Å². The van der Waals surface area contributed by atoms with Gasteiger partial charge in [0.1, 0.15) is 6.10 Å². The van der Waals surface area contributed by atoms with E-state index < -0.39 is 6.10 Å². The van der Waals surface area contributed by atoms with Gasteiger partial charge in [-0.2, -0.15) is 0 Å². The molecule has 0 aromatic rings. The van der Waals surface area contributed by atoms with Gasteiger partial charge in [0.15, 0.2) is 0 Å². The highest BCUT2D eigenvalue weighted by Crippen LogP contribution is 2.67. The van der Waals surface area contributed by atoms with Crippen LogP contribution >= 0.6 is 0 Å². The van der Waals surface area contributed by atoms with E-state index in [0.29, 0.717) is 11.8 Å². The van der Waals surface area contributed by atoms with Crippen LogP contribution in [0.4, 0.5) is 0 Å². The fourth-order valence-corrected chi connectivity index (χ4v) is 5.12. The van der Waals surface area contributed by atoms with Crippen molar-refractivity contribution in [3.05, 3.63) is 0 Å². The second-order valence-corrected chi connectivity index (χ2v) is 6.11. The topological polar surface area (TPSA) is 46.5 Å². The second-order valence-electron chi connectivity index (χ2n) is 6.11. The summed E-state index contributed by atoms with van der Waals surface area (Å²) >= 11 is 0. The van der Waals surface area contributed by atoms with Gasteiger partial charge in [-0.05, 0) is 30.6 Å². The first kappa shape index (κ1) is 11.5. The number of hydrogen-bond donors (Lipinski definition) is 1. The maximum absolute atomic E-state index is 12.1.